The van der Waals surface area contributed by atoms with E-state index in [2.05, 4.69) is 11.3 Å². The fourth-order valence-corrected chi connectivity index (χ4v) is 0.555. The van der Waals surface area contributed by atoms with Crippen molar-refractivity contribution in [2.75, 3.05) is 19.8 Å². The third-order valence-corrected chi connectivity index (χ3v) is 1.07. The normalized spacial score (nSPS) is 10.0. The van der Waals surface area contributed by atoms with Gasteiger partial charge < -0.3 is 14.6 Å². The van der Waals surface area contributed by atoms with Crippen molar-refractivity contribution in [2.45, 2.75) is 0 Å². The first-order chi connectivity index (χ1) is 6.66. The van der Waals surface area contributed by atoms with E-state index < -0.39 is 11.9 Å². The fourth-order valence-electron chi connectivity index (χ4n) is 0.555. The maximum absolute atomic E-state index is 10.7. The Labute approximate surface area is 81.6 Å². The average Bonchev–Trinajstić information content (AvgIpc) is 2.14. The van der Waals surface area contributed by atoms with Crippen LogP contribution in [0.2, 0.25) is 0 Å². The molecule has 0 fully saturated rings. The first-order valence-corrected chi connectivity index (χ1v) is 3.93. The second kappa shape index (κ2) is 8.00. The third kappa shape index (κ3) is 8.48. The molecule has 0 rings (SSSR count). The number of carboxylic acids is 1. The second-order valence-electron chi connectivity index (χ2n) is 2.20. The molecular weight excluding hydrogens is 188 g/mol. The van der Waals surface area contributed by atoms with Crippen LogP contribution in [0.1, 0.15) is 0 Å². The van der Waals surface area contributed by atoms with Crippen molar-refractivity contribution in [2.24, 2.45) is 0 Å². The molecule has 0 bridgehead atoms. The molecule has 0 spiro atoms. The molecule has 5 nitrogen and oxygen atoms in total. The van der Waals surface area contributed by atoms with Gasteiger partial charge in [-0.25, -0.2) is 9.59 Å². The van der Waals surface area contributed by atoms with E-state index in [0.29, 0.717) is 12.7 Å². The molecule has 0 aromatic rings. The highest BCUT2D eigenvalue weighted by molar-refractivity contribution is 5.90. The van der Waals surface area contributed by atoms with Crippen molar-refractivity contribution in [3.05, 3.63) is 24.8 Å². The predicted molar refractivity (Wildman–Crippen MR) is 48.8 cm³/mol. The Balaban J connectivity index is 3.44. The Morgan fingerprint density at radius 1 is 1.29 bits per heavy atom. The van der Waals surface area contributed by atoms with Crippen LogP contribution in [-0.4, -0.2) is 36.9 Å². The van der Waals surface area contributed by atoms with Crippen LogP contribution in [0.25, 0.3) is 0 Å². The van der Waals surface area contributed by atoms with Gasteiger partial charge >= 0.3 is 11.9 Å². The lowest BCUT2D eigenvalue weighted by atomic mass is 10.5. The predicted octanol–water partition coefficient (Wildman–Crippen LogP) is 0.373. The van der Waals surface area contributed by atoms with Gasteiger partial charge in [-0.05, 0) is 0 Å². The molecule has 0 aliphatic heterocycles. The van der Waals surface area contributed by atoms with Gasteiger partial charge in [0.1, 0.15) is 6.61 Å². The molecule has 0 radical (unpaired) electrons. The van der Waals surface area contributed by atoms with Crippen molar-refractivity contribution in [3.8, 4) is 0 Å². The van der Waals surface area contributed by atoms with E-state index in [1.165, 1.54) is 0 Å². The molecule has 0 heterocycles. The van der Waals surface area contributed by atoms with Gasteiger partial charge in [0, 0.05) is 12.2 Å². The van der Waals surface area contributed by atoms with E-state index in [0.717, 1.165) is 6.08 Å². The molecule has 78 valence electrons. The highest BCUT2D eigenvalue weighted by Gasteiger charge is 1.97. The number of carbonyl (C=O) groups excluding carboxylic acids is 1. The highest BCUT2D eigenvalue weighted by Crippen LogP contribution is 1.83. The number of carbonyl (C=O) groups is 2. The molecule has 0 saturated carbocycles. The largest absolute Gasteiger partial charge is 0.478 e. The molecule has 1 N–H and O–H groups in total. The van der Waals surface area contributed by atoms with E-state index in [1.54, 1.807) is 6.08 Å². The molecule has 0 amide bonds. The van der Waals surface area contributed by atoms with Gasteiger partial charge in [0.05, 0.1) is 13.2 Å². The van der Waals surface area contributed by atoms with Crippen molar-refractivity contribution < 1.29 is 24.2 Å². The minimum absolute atomic E-state index is 0.0939. The van der Waals surface area contributed by atoms with E-state index in [-0.39, 0.29) is 13.2 Å². The molecule has 0 aliphatic rings. The molecule has 0 aromatic heterocycles. The Bertz CT molecular complexity index is 231. The van der Waals surface area contributed by atoms with Crippen LogP contribution in [0.4, 0.5) is 0 Å². The summed E-state index contributed by atoms with van der Waals surface area (Å²) >= 11 is 0. The molecule has 0 atom stereocenters. The van der Waals surface area contributed by atoms with Crippen LogP contribution >= 0.6 is 0 Å². The van der Waals surface area contributed by atoms with Crippen LogP contribution < -0.4 is 0 Å². The monoisotopic (exact) mass is 200 g/mol. The summed E-state index contributed by atoms with van der Waals surface area (Å²) in [7, 11) is 0. The zero-order valence-corrected chi connectivity index (χ0v) is 7.64. The van der Waals surface area contributed by atoms with Crippen molar-refractivity contribution >= 4 is 11.9 Å². The Hall–Kier alpha value is -1.62. The van der Waals surface area contributed by atoms with Gasteiger partial charge in [-0.3, -0.25) is 0 Å². The lowest BCUT2D eigenvalue weighted by Crippen LogP contribution is -2.08. The molecule has 0 aliphatic carbocycles. The summed E-state index contributed by atoms with van der Waals surface area (Å²) in [5.74, 6) is -1.89. The molecule has 0 aromatic carbocycles. The number of ether oxygens (including phenoxy) is 2. The number of carboxylic acid groups (broad SMARTS) is 1. The Morgan fingerprint density at radius 2 is 2.00 bits per heavy atom. The number of esters is 1. The molecule has 0 unspecified atom stereocenters. The SMILES string of the molecule is C=CCOCCOC(=O)/C=C/C(=O)O. The summed E-state index contributed by atoms with van der Waals surface area (Å²) < 4.78 is 9.51. The minimum atomic E-state index is -1.19. The van der Waals surface area contributed by atoms with Crippen molar-refractivity contribution in [3.63, 3.8) is 0 Å². The van der Waals surface area contributed by atoms with E-state index in [4.69, 9.17) is 9.84 Å². The topological polar surface area (TPSA) is 72.8 Å². The Kier molecular flexibility index (Phi) is 7.07. The van der Waals surface area contributed by atoms with E-state index in [1.807, 2.05) is 0 Å². The zero-order valence-electron chi connectivity index (χ0n) is 7.64. The molecule has 0 saturated heterocycles. The van der Waals surface area contributed by atoms with Crippen molar-refractivity contribution in [1.29, 1.82) is 0 Å². The van der Waals surface area contributed by atoms with Crippen LogP contribution in [0.15, 0.2) is 24.8 Å². The van der Waals surface area contributed by atoms with Crippen LogP contribution in [0.3, 0.4) is 0 Å². The van der Waals surface area contributed by atoms with Gasteiger partial charge in [-0.2, -0.15) is 0 Å². The van der Waals surface area contributed by atoms with Crippen molar-refractivity contribution in [1.82, 2.24) is 0 Å². The fraction of sp³-hybridized carbons (Fsp3) is 0.333. The number of rotatable bonds is 7. The third-order valence-electron chi connectivity index (χ3n) is 1.07. The maximum atomic E-state index is 10.7. The van der Waals surface area contributed by atoms with E-state index >= 15 is 0 Å². The first kappa shape index (κ1) is 12.4. The number of hydrogen-bond donors (Lipinski definition) is 1. The molecule has 14 heavy (non-hydrogen) atoms. The van der Waals surface area contributed by atoms with E-state index in [9.17, 15) is 9.59 Å². The standard InChI is InChI=1S/C9H12O5/c1-2-5-13-6-7-14-9(12)4-3-8(10)11/h2-4H,1,5-7H2,(H,10,11)/b4-3+. The second-order valence-corrected chi connectivity index (χ2v) is 2.20. The van der Waals surface area contributed by atoms with Crippen LogP contribution in [-0.2, 0) is 19.1 Å². The smallest absolute Gasteiger partial charge is 0.331 e. The summed E-state index contributed by atoms with van der Waals surface area (Å²) in [4.78, 5) is 20.7. The maximum Gasteiger partial charge on any atom is 0.331 e. The van der Waals surface area contributed by atoms with Gasteiger partial charge in [0.15, 0.2) is 0 Å². The summed E-state index contributed by atoms with van der Waals surface area (Å²) in [5, 5.41) is 8.17. The molecular formula is C9H12O5. The molecule has 5 heteroatoms. The summed E-state index contributed by atoms with van der Waals surface area (Å²) in [6.07, 6.45) is 3.13. The minimum Gasteiger partial charge on any atom is -0.478 e. The number of hydrogen-bond acceptors (Lipinski definition) is 4. The van der Waals surface area contributed by atoms with Gasteiger partial charge in [-0.1, -0.05) is 6.08 Å². The number of aliphatic carboxylic acids is 1. The zero-order chi connectivity index (χ0) is 10.8. The average molecular weight is 200 g/mol. The highest BCUT2D eigenvalue weighted by atomic mass is 16.6. The quantitative estimate of drug-likeness (QED) is 0.278. The van der Waals surface area contributed by atoms with Crippen LogP contribution in [0.5, 0.6) is 0 Å². The van der Waals surface area contributed by atoms with Gasteiger partial charge in [0.25, 0.3) is 0 Å². The summed E-state index contributed by atoms with van der Waals surface area (Å²) in [6, 6.07) is 0. The first-order valence-electron chi connectivity index (χ1n) is 3.93. The summed E-state index contributed by atoms with van der Waals surface area (Å²) in [5.41, 5.74) is 0. The van der Waals surface area contributed by atoms with Crippen LogP contribution in [0, 0.1) is 0 Å². The Morgan fingerprint density at radius 3 is 2.57 bits per heavy atom. The van der Waals surface area contributed by atoms with Gasteiger partial charge in [-0.15, -0.1) is 6.58 Å². The van der Waals surface area contributed by atoms with Gasteiger partial charge in [0.2, 0.25) is 0 Å². The lowest BCUT2D eigenvalue weighted by Gasteiger charge is -2.01. The summed E-state index contributed by atoms with van der Waals surface area (Å²) in [6.45, 7) is 4.18. The lowest BCUT2D eigenvalue weighted by molar-refractivity contribution is -0.140.